The van der Waals surface area contributed by atoms with Crippen molar-refractivity contribution < 1.29 is 20.1 Å². The number of aromatic nitrogens is 2. The minimum atomic E-state index is 0. The Balaban J connectivity index is 0.000000151. The molecule has 0 spiro atoms. The Morgan fingerprint density at radius 2 is 1.31 bits per heavy atom. The molecule has 5 aromatic carbocycles. The predicted molar refractivity (Wildman–Crippen MR) is 180 cm³/mol. The van der Waals surface area contributed by atoms with Gasteiger partial charge in [0.25, 0.3) is 0 Å². The van der Waals surface area contributed by atoms with Gasteiger partial charge >= 0.3 is 0 Å². The van der Waals surface area contributed by atoms with E-state index < -0.39 is 0 Å². The molecule has 0 bridgehead atoms. The molecular weight excluding hydrogens is 725 g/mol. The van der Waals surface area contributed by atoms with Crippen molar-refractivity contribution >= 4 is 10.8 Å². The fourth-order valence-electron chi connectivity index (χ4n) is 6.73. The number of rotatable bonds is 3. The van der Waals surface area contributed by atoms with Gasteiger partial charge in [0.05, 0.1) is 0 Å². The summed E-state index contributed by atoms with van der Waals surface area (Å²) in [5.41, 5.74) is 15.5. The summed E-state index contributed by atoms with van der Waals surface area (Å²) >= 11 is 0. The first kappa shape index (κ1) is 29.0. The minimum absolute atomic E-state index is 0. The van der Waals surface area contributed by atoms with Crippen LogP contribution >= 0.6 is 0 Å². The van der Waals surface area contributed by atoms with Crippen LogP contribution < -0.4 is 0 Å². The number of aryl methyl sites for hydroxylation is 4. The van der Waals surface area contributed by atoms with E-state index >= 15 is 0 Å². The third-order valence-electron chi connectivity index (χ3n) is 8.80. The van der Waals surface area contributed by atoms with Gasteiger partial charge in [0, 0.05) is 32.5 Å². The molecule has 2 aliphatic carbocycles. The van der Waals surface area contributed by atoms with E-state index in [0.717, 1.165) is 48.2 Å². The molecule has 1 radical (unpaired) electrons. The third kappa shape index (κ3) is 5.66. The van der Waals surface area contributed by atoms with Crippen LogP contribution in [0.4, 0.5) is 0 Å². The van der Waals surface area contributed by atoms with Crippen LogP contribution in [-0.4, -0.2) is 9.97 Å². The van der Waals surface area contributed by atoms with Crippen LogP contribution in [-0.2, 0) is 45.8 Å². The van der Waals surface area contributed by atoms with Crippen LogP contribution in [0.2, 0.25) is 0 Å². The van der Waals surface area contributed by atoms with Crippen LogP contribution in [0.15, 0.2) is 134 Å². The second-order valence-corrected chi connectivity index (χ2v) is 11.5. The van der Waals surface area contributed by atoms with Gasteiger partial charge in [-0.2, -0.15) is 0 Å². The monoisotopic (exact) mass is 755 g/mol. The Kier molecular flexibility index (Phi) is 8.22. The molecule has 2 nitrogen and oxygen atoms in total. The molecule has 2 aliphatic rings. The van der Waals surface area contributed by atoms with E-state index in [2.05, 4.69) is 96.0 Å². The normalized spacial score (nSPS) is 12.4. The van der Waals surface area contributed by atoms with Crippen molar-refractivity contribution in [3.63, 3.8) is 0 Å². The smallest absolute Gasteiger partial charge is 0.0167 e. The van der Waals surface area contributed by atoms with E-state index in [4.69, 9.17) is 4.98 Å². The van der Waals surface area contributed by atoms with Gasteiger partial charge < -0.3 is 9.97 Å². The molecule has 0 fully saturated rings. The Labute approximate surface area is 278 Å². The third-order valence-corrected chi connectivity index (χ3v) is 8.80. The first-order valence-electron chi connectivity index (χ1n) is 15.3. The van der Waals surface area contributed by atoms with Gasteiger partial charge in [-0.3, -0.25) is 0 Å². The largest absolute Gasteiger partial charge is 0.305 e. The van der Waals surface area contributed by atoms with E-state index in [9.17, 15) is 0 Å². The SMILES string of the molecule is [Ir].[c-]1c(-c2nccc3ccccc23)cc2c3c1CCc1cccc(c1-3)CC2.[c-]1ccc(-c2ccccc2)cc1-c1ccccn1. The maximum Gasteiger partial charge on any atom is 0.0167 e. The molecular formula is C42H30IrN2-2. The maximum atomic E-state index is 4.73. The van der Waals surface area contributed by atoms with Gasteiger partial charge in [0.1, 0.15) is 0 Å². The number of hydrogen-bond acceptors (Lipinski definition) is 2. The molecule has 2 heterocycles. The first-order valence-corrected chi connectivity index (χ1v) is 15.3. The zero-order valence-electron chi connectivity index (χ0n) is 24.8. The fraction of sp³-hybridized carbons (Fsp3) is 0.0952. The zero-order valence-corrected chi connectivity index (χ0v) is 27.2. The Hall–Kier alpha value is -4.69. The molecule has 0 saturated heterocycles. The van der Waals surface area contributed by atoms with Crippen LogP contribution in [0.1, 0.15) is 22.3 Å². The summed E-state index contributed by atoms with van der Waals surface area (Å²) in [5, 5.41) is 2.45. The summed E-state index contributed by atoms with van der Waals surface area (Å²) in [5.74, 6) is 0. The minimum Gasteiger partial charge on any atom is -0.305 e. The topological polar surface area (TPSA) is 25.8 Å². The van der Waals surface area contributed by atoms with Gasteiger partial charge in [-0.05, 0) is 76.7 Å². The molecule has 0 unspecified atom stereocenters. The van der Waals surface area contributed by atoms with Crippen LogP contribution in [0, 0.1) is 12.1 Å². The molecule has 45 heavy (non-hydrogen) atoms. The summed E-state index contributed by atoms with van der Waals surface area (Å²) in [6.07, 6.45) is 8.19. The van der Waals surface area contributed by atoms with Gasteiger partial charge in [0.2, 0.25) is 0 Å². The summed E-state index contributed by atoms with van der Waals surface area (Å²) in [6.45, 7) is 0. The van der Waals surface area contributed by atoms with E-state index in [0.29, 0.717) is 0 Å². The van der Waals surface area contributed by atoms with Crippen molar-refractivity contribution in [1.29, 1.82) is 0 Å². The van der Waals surface area contributed by atoms with Crippen molar-refractivity contribution in [2.45, 2.75) is 25.7 Å². The predicted octanol–water partition coefficient (Wildman–Crippen LogP) is 9.78. The van der Waals surface area contributed by atoms with Gasteiger partial charge in [-0.1, -0.05) is 96.1 Å². The zero-order chi connectivity index (χ0) is 29.3. The molecule has 0 saturated carbocycles. The number of pyridine rings is 2. The van der Waals surface area contributed by atoms with Gasteiger partial charge in [-0.15, -0.1) is 64.2 Å². The van der Waals surface area contributed by atoms with E-state index in [1.54, 1.807) is 6.20 Å². The molecule has 9 rings (SSSR count). The Morgan fingerprint density at radius 1 is 0.533 bits per heavy atom. The summed E-state index contributed by atoms with van der Waals surface area (Å²) in [6, 6.07) is 49.2. The molecule has 7 aromatic rings. The number of nitrogens with zero attached hydrogens (tertiary/aromatic N) is 2. The van der Waals surface area contributed by atoms with Crippen LogP contribution in [0.25, 0.3) is 55.5 Å². The molecule has 0 aliphatic heterocycles. The molecule has 2 aromatic heterocycles. The fourth-order valence-corrected chi connectivity index (χ4v) is 6.73. The maximum absolute atomic E-state index is 4.73. The first-order chi connectivity index (χ1) is 21.8. The number of hydrogen-bond donors (Lipinski definition) is 0. The van der Waals surface area contributed by atoms with Gasteiger partial charge in [-0.25, -0.2) is 0 Å². The molecule has 0 atom stereocenters. The summed E-state index contributed by atoms with van der Waals surface area (Å²) in [4.78, 5) is 9.08. The van der Waals surface area contributed by atoms with E-state index in [1.165, 1.54) is 55.3 Å². The average Bonchev–Trinajstić information content (AvgIpc) is 3.11. The van der Waals surface area contributed by atoms with Crippen LogP contribution in [0.5, 0.6) is 0 Å². The van der Waals surface area contributed by atoms with E-state index in [1.807, 2.05) is 48.7 Å². The quantitative estimate of drug-likeness (QED) is 0.168. The van der Waals surface area contributed by atoms with E-state index in [-0.39, 0.29) is 20.1 Å². The van der Waals surface area contributed by atoms with Crippen molar-refractivity contribution in [3.05, 3.63) is 168 Å². The summed E-state index contributed by atoms with van der Waals surface area (Å²) in [7, 11) is 0. The van der Waals surface area contributed by atoms with Crippen molar-refractivity contribution in [1.82, 2.24) is 9.97 Å². The average molecular weight is 755 g/mol. The molecule has 219 valence electrons. The van der Waals surface area contributed by atoms with Crippen molar-refractivity contribution in [3.8, 4) is 44.8 Å². The Morgan fingerprint density at radius 3 is 2.16 bits per heavy atom. The molecule has 3 heteroatoms. The number of fused-ring (bicyclic) bond motifs is 1. The molecule has 0 N–H and O–H groups in total. The Bertz CT molecular complexity index is 2010. The van der Waals surface area contributed by atoms with Crippen molar-refractivity contribution in [2.75, 3.05) is 0 Å². The second-order valence-electron chi connectivity index (χ2n) is 11.5. The van der Waals surface area contributed by atoms with Crippen molar-refractivity contribution in [2.24, 2.45) is 0 Å². The number of benzene rings is 5. The standard InChI is InChI=1S/C25H18N.C17H12N.Ir/c1-2-7-22-16(4-1)12-13-26-25(22)21-14-19-10-8-17-5-3-6-18-9-11-20(15-21)24(19)23(17)18;1-2-7-14(8-3-1)15-9-6-10-16(13-15)17-11-4-5-12-18-17;/h1-7,12-14H,8-11H2;1-9,11-13H;/q2*-1;. The van der Waals surface area contributed by atoms with Crippen LogP contribution in [0.3, 0.4) is 0 Å². The molecule has 0 amide bonds. The second kappa shape index (κ2) is 12.7. The summed E-state index contributed by atoms with van der Waals surface area (Å²) < 4.78 is 0. The van der Waals surface area contributed by atoms with Gasteiger partial charge in [0.15, 0.2) is 0 Å².